The van der Waals surface area contributed by atoms with E-state index in [0.29, 0.717) is 5.75 Å². The summed E-state index contributed by atoms with van der Waals surface area (Å²) in [6.07, 6.45) is 4.18. The van der Waals surface area contributed by atoms with Crippen LogP contribution in [0.2, 0.25) is 0 Å². The molecular formula is C16H24O5. The third kappa shape index (κ3) is 4.55. The van der Waals surface area contributed by atoms with E-state index in [9.17, 15) is 9.90 Å². The summed E-state index contributed by atoms with van der Waals surface area (Å²) in [5.41, 5.74) is 1.93. The van der Waals surface area contributed by atoms with Crippen LogP contribution in [-0.4, -0.2) is 23.5 Å². The molecule has 0 saturated heterocycles. The summed E-state index contributed by atoms with van der Waals surface area (Å²) >= 11 is 0. The summed E-state index contributed by atoms with van der Waals surface area (Å²) < 4.78 is 9.95. The molecule has 0 radical (unpaired) electrons. The van der Waals surface area contributed by atoms with Crippen molar-refractivity contribution in [3.8, 4) is 17.2 Å². The van der Waals surface area contributed by atoms with Gasteiger partial charge in [0.05, 0.1) is 7.11 Å². The van der Waals surface area contributed by atoms with Gasteiger partial charge in [-0.15, -0.1) is 0 Å². The molecule has 0 atom stereocenters. The van der Waals surface area contributed by atoms with Gasteiger partial charge in [0.25, 0.3) is 0 Å². The molecule has 21 heavy (non-hydrogen) atoms. The van der Waals surface area contributed by atoms with Gasteiger partial charge in [-0.2, -0.15) is 0 Å². The van der Waals surface area contributed by atoms with Gasteiger partial charge in [-0.05, 0) is 37.3 Å². The van der Waals surface area contributed by atoms with Gasteiger partial charge in [0.2, 0.25) is 5.75 Å². The molecule has 118 valence electrons. The Balaban J connectivity index is 3.29. The molecule has 1 rings (SSSR count). The van der Waals surface area contributed by atoms with Crippen molar-refractivity contribution >= 4 is 6.16 Å². The van der Waals surface area contributed by atoms with E-state index in [1.807, 2.05) is 0 Å². The number of carbonyl (C=O) groups is 1. The fourth-order valence-corrected chi connectivity index (χ4v) is 2.32. The summed E-state index contributed by atoms with van der Waals surface area (Å²) in [7, 11) is 1.47. The Labute approximate surface area is 125 Å². The smallest absolute Gasteiger partial charge is 0.502 e. The summed E-state index contributed by atoms with van der Waals surface area (Å²) in [6.45, 7) is 4.19. The van der Waals surface area contributed by atoms with E-state index >= 15 is 0 Å². The first-order valence-corrected chi connectivity index (χ1v) is 7.37. The quantitative estimate of drug-likeness (QED) is 0.557. The zero-order valence-electron chi connectivity index (χ0n) is 12.9. The van der Waals surface area contributed by atoms with E-state index in [-0.39, 0.29) is 11.5 Å². The monoisotopic (exact) mass is 296 g/mol. The Bertz CT molecular complexity index is 482. The van der Waals surface area contributed by atoms with Crippen molar-refractivity contribution in [1.82, 2.24) is 0 Å². The predicted octanol–water partition coefficient (Wildman–Crippen LogP) is 4.14. The van der Waals surface area contributed by atoms with Crippen molar-refractivity contribution in [3.05, 3.63) is 17.2 Å². The highest BCUT2D eigenvalue weighted by molar-refractivity contribution is 5.66. The van der Waals surface area contributed by atoms with Gasteiger partial charge < -0.3 is 19.7 Å². The van der Waals surface area contributed by atoms with E-state index < -0.39 is 6.16 Å². The van der Waals surface area contributed by atoms with Crippen LogP contribution in [0.5, 0.6) is 17.2 Å². The molecule has 0 aromatic heterocycles. The number of aromatic hydroxyl groups is 1. The normalized spacial score (nSPS) is 10.4. The van der Waals surface area contributed by atoms with Gasteiger partial charge in [0, 0.05) is 5.56 Å². The van der Waals surface area contributed by atoms with E-state index in [1.165, 1.54) is 7.11 Å². The lowest BCUT2D eigenvalue weighted by Gasteiger charge is -2.17. The number of phenols is 1. The average Bonchev–Trinajstić information content (AvgIpc) is 2.45. The molecule has 0 saturated carbocycles. The zero-order chi connectivity index (χ0) is 15.8. The number of phenolic OH excluding ortho intramolecular Hbond substituents is 1. The summed E-state index contributed by atoms with van der Waals surface area (Å²) in [5, 5.41) is 18.9. The van der Waals surface area contributed by atoms with Crippen molar-refractivity contribution in [2.75, 3.05) is 7.11 Å². The Morgan fingerprint density at radius 1 is 1.19 bits per heavy atom. The van der Waals surface area contributed by atoms with E-state index in [4.69, 9.17) is 9.84 Å². The van der Waals surface area contributed by atoms with Gasteiger partial charge in [0.15, 0.2) is 11.5 Å². The molecule has 1 aromatic carbocycles. The molecule has 0 spiro atoms. The van der Waals surface area contributed by atoms with Crippen molar-refractivity contribution in [3.63, 3.8) is 0 Å². The highest BCUT2D eigenvalue weighted by Gasteiger charge is 2.20. The van der Waals surface area contributed by atoms with Crippen molar-refractivity contribution in [2.24, 2.45) is 0 Å². The molecule has 2 N–H and O–H groups in total. The molecular weight excluding hydrogens is 272 g/mol. The molecule has 0 bridgehead atoms. The number of unbranched alkanes of at least 4 members (excludes halogenated alkanes) is 2. The second-order valence-electron chi connectivity index (χ2n) is 4.97. The van der Waals surface area contributed by atoms with Gasteiger partial charge >= 0.3 is 6.16 Å². The minimum absolute atomic E-state index is 0.0642. The van der Waals surface area contributed by atoms with E-state index in [0.717, 1.165) is 49.7 Å². The number of carboxylic acid groups (broad SMARTS) is 1. The van der Waals surface area contributed by atoms with E-state index in [1.54, 1.807) is 6.07 Å². The molecule has 0 fully saturated rings. The van der Waals surface area contributed by atoms with Crippen LogP contribution in [-0.2, 0) is 12.8 Å². The second kappa shape index (κ2) is 8.39. The summed E-state index contributed by atoms with van der Waals surface area (Å²) in [6, 6.07) is 1.62. The van der Waals surface area contributed by atoms with Crippen molar-refractivity contribution in [2.45, 2.75) is 52.4 Å². The maximum absolute atomic E-state index is 10.7. The Morgan fingerprint density at radius 2 is 1.81 bits per heavy atom. The largest absolute Gasteiger partial charge is 0.511 e. The molecule has 0 amide bonds. The molecule has 0 heterocycles. The topological polar surface area (TPSA) is 76.0 Å². The molecule has 0 aliphatic rings. The van der Waals surface area contributed by atoms with Gasteiger partial charge in [0.1, 0.15) is 0 Å². The van der Waals surface area contributed by atoms with Crippen LogP contribution in [0.3, 0.4) is 0 Å². The van der Waals surface area contributed by atoms with Crippen LogP contribution in [0.15, 0.2) is 6.07 Å². The molecule has 5 nitrogen and oxygen atoms in total. The first-order valence-electron chi connectivity index (χ1n) is 7.37. The molecule has 5 heteroatoms. The summed E-state index contributed by atoms with van der Waals surface area (Å²) in [4.78, 5) is 10.7. The fraction of sp³-hybridized carbons (Fsp3) is 0.562. The fourth-order valence-electron chi connectivity index (χ4n) is 2.32. The first kappa shape index (κ1) is 17.1. The number of rotatable bonds is 8. The van der Waals surface area contributed by atoms with Crippen LogP contribution >= 0.6 is 0 Å². The molecule has 1 aromatic rings. The minimum Gasteiger partial charge on any atom is -0.502 e. The van der Waals surface area contributed by atoms with Crippen LogP contribution in [0.1, 0.15) is 50.7 Å². The van der Waals surface area contributed by atoms with Gasteiger partial charge in [-0.1, -0.05) is 26.7 Å². The Hall–Kier alpha value is -1.91. The number of hydrogen-bond acceptors (Lipinski definition) is 4. The zero-order valence-corrected chi connectivity index (χ0v) is 12.9. The summed E-state index contributed by atoms with van der Waals surface area (Å²) in [5.74, 6) is 0.0188. The second-order valence-corrected chi connectivity index (χ2v) is 4.97. The van der Waals surface area contributed by atoms with Crippen LogP contribution in [0.25, 0.3) is 0 Å². The van der Waals surface area contributed by atoms with Gasteiger partial charge in [-0.3, -0.25) is 0 Å². The number of ether oxygens (including phenoxy) is 2. The maximum Gasteiger partial charge on any atom is 0.511 e. The van der Waals surface area contributed by atoms with Crippen LogP contribution in [0, 0.1) is 0 Å². The van der Waals surface area contributed by atoms with Crippen LogP contribution in [0.4, 0.5) is 4.79 Å². The molecule has 0 unspecified atom stereocenters. The molecule has 0 aliphatic heterocycles. The average molecular weight is 296 g/mol. The highest BCUT2D eigenvalue weighted by Crippen LogP contribution is 2.42. The number of methoxy groups -OCH3 is 1. The standard InChI is InChI=1S/C16H24O5/c1-4-6-8-11-10-13(21-16(18)19)14(17)15(20-3)12(11)9-7-5-2/h10,17H,4-9H2,1-3H3,(H,18,19). The minimum atomic E-state index is -1.45. The predicted molar refractivity (Wildman–Crippen MR) is 80.5 cm³/mol. The Morgan fingerprint density at radius 3 is 2.33 bits per heavy atom. The van der Waals surface area contributed by atoms with Gasteiger partial charge in [-0.25, -0.2) is 4.79 Å². The number of aryl methyl sites for hydroxylation is 1. The lowest BCUT2D eigenvalue weighted by molar-refractivity contribution is 0.142. The van der Waals surface area contributed by atoms with Crippen molar-refractivity contribution < 1.29 is 24.5 Å². The third-order valence-electron chi connectivity index (χ3n) is 3.40. The highest BCUT2D eigenvalue weighted by atomic mass is 16.7. The van der Waals surface area contributed by atoms with E-state index in [2.05, 4.69) is 18.6 Å². The SMILES string of the molecule is CCCCc1cc(OC(=O)O)c(O)c(OC)c1CCCC. The number of benzene rings is 1. The lowest BCUT2D eigenvalue weighted by atomic mass is 9.96. The maximum atomic E-state index is 10.7. The third-order valence-corrected chi connectivity index (χ3v) is 3.40. The van der Waals surface area contributed by atoms with Crippen molar-refractivity contribution in [1.29, 1.82) is 0 Å². The Kier molecular flexibility index (Phi) is 6.85. The lowest BCUT2D eigenvalue weighted by Crippen LogP contribution is -2.07. The number of hydrogen-bond donors (Lipinski definition) is 2. The molecule has 0 aliphatic carbocycles. The van der Waals surface area contributed by atoms with Crippen LogP contribution < -0.4 is 9.47 Å². The first-order chi connectivity index (χ1) is 10.0.